The molecule has 0 aliphatic carbocycles. The highest BCUT2D eigenvalue weighted by Gasteiger charge is 2.07. The summed E-state index contributed by atoms with van der Waals surface area (Å²) in [6.45, 7) is 3.91. The first-order chi connectivity index (χ1) is 11.9. The van der Waals surface area contributed by atoms with Crippen LogP contribution in [0.15, 0.2) is 45.6 Å². The molecule has 1 aromatic carbocycles. The molecule has 3 aromatic rings. The summed E-state index contributed by atoms with van der Waals surface area (Å²) in [7, 11) is 0. The molecule has 0 unspecified atom stereocenters. The summed E-state index contributed by atoms with van der Waals surface area (Å²) in [5.74, 6) is 0.246. The normalized spacial score (nSPS) is 11.8. The molecule has 128 valence electrons. The van der Waals surface area contributed by atoms with Crippen molar-refractivity contribution >= 4 is 41.6 Å². The number of benzene rings is 1. The quantitative estimate of drug-likeness (QED) is 0.743. The van der Waals surface area contributed by atoms with E-state index in [2.05, 4.69) is 6.58 Å². The van der Waals surface area contributed by atoms with Crippen molar-refractivity contribution in [1.82, 2.24) is 4.57 Å². The number of hydrogen-bond acceptors (Lipinski definition) is 4. The van der Waals surface area contributed by atoms with Gasteiger partial charge in [0.15, 0.2) is 0 Å². The monoisotopic (exact) mass is 375 g/mol. The van der Waals surface area contributed by atoms with Crippen LogP contribution >= 0.6 is 22.9 Å². The lowest BCUT2D eigenvalue weighted by molar-refractivity contribution is -0.137. The van der Waals surface area contributed by atoms with Gasteiger partial charge in [0, 0.05) is 23.2 Å². The smallest absolute Gasteiger partial charge is 0.305 e. The molecule has 0 spiro atoms. The minimum absolute atomic E-state index is 0.103. The zero-order chi connectivity index (χ0) is 18.0. The minimum atomic E-state index is -0.957. The second-order valence-electron chi connectivity index (χ2n) is 5.31. The van der Waals surface area contributed by atoms with Crippen molar-refractivity contribution < 1.29 is 14.3 Å². The van der Waals surface area contributed by atoms with Gasteiger partial charge in [0.2, 0.25) is 0 Å². The Kier molecular flexibility index (Phi) is 4.92. The summed E-state index contributed by atoms with van der Waals surface area (Å²) in [5.41, 5.74) is 0.618. The van der Waals surface area contributed by atoms with Gasteiger partial charge in [0.05, 0.1) is 15.6 Å². The highest BCUT2D eigenvalue weighted by atomic mass is 35.5. The molecule has 0 saturated carbocycles. The molecule has 0 amide bonds. The number of carbonyl (C=O) groups is 1. The molecule has 1 N–H and O–H groups in total. The number of carboxylic acid groups (broad SMARTS) is 1. The van der Waals surface area contributed by atoms with Gasteiger partial charge in [-0.2, -0.15) is 0 Å². The molecule has 0 atom stereocenters. The molecule has 2 heterocycles. The lowest BCUT2D eigenvalue weighted by Crippen LogP contribution is -2.31. The van der Waals surface area contributed by atoms with Crippen molar-refractivity contribution in [1.29, 1.82) is 0 Å². The van der Waals surface area contributed by atoms with Crippen molar-refractivity contribution in [2.75, 3.05) is 0 Å². The van der Waals surface area contributed by atoms with Crippen LogP contribution in [0.25, 0.3) is 24.0 Å². The van der Waals surface area contributed by atoms with E-state index >= 15 is 0 Å². The summed E-state index contributed by atoms with van der Waals surface area (Å²) < 4.78 is 8.10. The summed E-state index contributed by atoms with van der Waals surface area (Å²) in [4.78, 5) is 23.1. The van der Waals surface area contributed by atoms with Crippen LogP contribution in [0.1, 0.15) is 12.2 Å². The van der Waals surface area contributed by atoms with Gasteiger partial charge in [0.1, 0.15) is 11.5 Å². The molecule has 0 saturated heterocycles. The van der Waals surface area contributed by atoms with Crippen LogP contribution in [0.3, 0.4) is 0 Å². The van der Waals surface area contributed by atoms with Gasteiger partial charge in [-0.3, -0.25) is 14.2 Å². The summed E-state index contributed by atoms with van der Waals surface area (Å²) >= 11 is 7.08. The Morgan fingerprint density at radius 2 is 2.00 bits per heavy atom. The highest BCUT2D eigenvalue weighted by Crippen LogP contribution is 2.23. The summed E-state index contributed by atoms with van der Waals surface area (Å²) in [6, 6.07) is 10.8. The molecule has 25 heavy (non-hydrogen) atoms. The number of carboxylic acids is 1. The zero-order valence-corrected chi connectivity index (χ0v) is 14.6. The van der Waals surface area contributed by atoms with Crippen LogP contribution in [0.2, 0.25) is 5.02 Å². The first-order valence-electron chi connectivity index (χ1n) is 7.42. The lowest BCUT2D eigenvalue weighted by Gasteiger charge is -1.96. The number of halogens is 1. The fourth-order valence-corrected chi connectivity index (χ4v) is 3.36. The van der Waals surface area contributed by atoms with Crippen molar-refractivity contribution in [3.05, 3.63) is 66.7 Å². The predicted molar refractivity (Wildman–Crippen MR) is 98.3 cm³/mol. The number of thiazole rings is 1. The van der Waals surface area contributed by atoms with E-state index in [1.807, 2.05) is 18.2 Å². The second kappa shape index (κ2) is 7.13. The van der Waals surface area contributed by atoms with Gasteiger partial charge in [-0.05, 0) is 36.4 Å². The van der Waals surface area contributed by atoms with Gasteiger partial charge in [-0.1, -0.05) is 18.2 Å². The SMILES string of the molecule is C=c1s/c(=C/c2ccc(-c3ccc(Cl)cc3)o2)c(=O)n1CCC(=O)O. The maximum absolute atomic E-state index is 12.4. The number of furan rings is 1. The number of hydrogen-bond donors (Lipinski definition) is 1. The Hall–Kier alpha value is -2.57. The first-order valence-corrected chi connectivity index (χ1v) is 8.61. The third kappa shape index (κ3) is 3.92. The zero-order valence-electron chi connectivity index (χ0n) is 13.1. The number of aliphatic carboxylic acids is 1. The Labute approximate surface area is 151 Å². The van der Waals surface area contributed by atoms with Gasteiger partial charge in [0.25, 0.3) is 5.56 Å². The largest absolute Gasteiger partial charge is 0.481 e. The average molecular weight is 376 g/mol. The molecule has 5 nitrogen and oxygen atoms in total. The van der Waals surface area contributed by atoms with Crippen molar-refractivity contribution in [3.63, 3.8) is 0 Å². The molecule has 0 fully saturated rings. The van der Waals surface area contributed by atoms with Crippen LogP contribution in [0.5, 0.6) is 0 Å². The summed E-state index contributed by atoms with van der Waals surface area (Å²) in [6.07, 6.45) is 1.51. The standard InChI is InChI=1S/C18H14ClNO4S/c1-11-20(9-8-17(21)22)18(23)16(25-11)10-14-6-7-15(24-14)12-2-4-13(19)5-3-12/h2-7,10H,1,8-9H2,(H,21,22)/b16-10+. The van der Waals surface area contributed by atoms with E-state index in [4.69, 9.17) is 21.1 Å². The van der Waals surface area contributed by atoms with Crippen LogP contribution in [0, 0.1) is 0 Å². The average Bonchev–Trinajstić information content (AvgIpc) is 3.12. The Bertz CT molecular complexity index is 1080. The topological polar surface area (TPSA) is 72.4 Å². The van der Waals surface area contributed by atoms with Crippen molar-refractivity contribution in [2.45, 2.75) is 13.0 Å². The van der Waals surface area contributed by atoms with Crippen LogP contribution in [0.4, 0.5) is 0 Å². The number of aromatic nitrogens is 1. The lowest BCUT2D eigenvalue weighted by atomic mass is 10.2. The maximum atomic E-state index is 12.4. The van der Waals surface area contributed by atoms with E-state index in [1.54, 1.807) is 24.3 Å². The van der Waals surface area contributed by atoms with Crippen molar-refractivity contribution in [3.8, 4) is 11.3 Å². The molecular formula is C18H14ClNO4S. The molecule has 0 radical (unpaired) electrons. The van der Waals surface area contributed by atoms with Gasteiger partial charge < -0.3 is 9.52 Å². The van der Waals surface area contributed by atoms with Crippen LogP contribution < -0.4 is 14.8 Å². The first kappa shape index (κ1) is 17.3. The van der Waals surface area contributed by atoms with Gasteiger partial charge in [-0.25, -0.2) is 0 Å². The summed E-state index contributed by atoms with van der Waals surface area (Å²) in [5, 5.41) is 9.41. The molecule has 0 bridgehead atoms. The van der Waals surface area contributed by atoms with E-state index in [9.17, 15) is 9.59 Å². The van der Waals surface area contributed by atoms with Gasteiger partial charge in [-0.15, -0.1) is 11.3 Å². The molecule has 0 aliphatic heterocycles. The van der Waals surface area contributed by atoms with E-state index in [-0.39, 0.29) is 18.5 Å². The fraction of sp³-hybridized carbons (Fsp3) is 0.111. The molecular weight excluding hydrogens is 362 g/mol. The Morgan fingerprint density at radius 1 is 1.28 bits per heavy atom. The molecule has 3 rings (SSSR count). The molecule has 0 aliphatic rings. The van der Waals surface area contributed by atoms with E-state index < -0.39 is 5.97 Å². The van der Waals surface area contributed by atoms with E-state index in [1.165, 1.54) is 15.9 Å². The maximum Gasteiger partial charge on any atom is 0.305 e. The van der Waals surface area contributed by atoms with Crippen LogP contribution in [-0.4, -0.2) is 15.6 Å². The third-order valence-corrected chi connectivity index (χ3v) is 4.78. The fourth-order valence-electron chi connectivity index (χ4n) is 2.33. The Morgan fingerprint density at radius 3 is 2.68 bits per heavy atom. The number of nitrogens with zero attached hydrogens (tertiary/aromatic N) is 1. The van der Waals surface area contributed by atoms with Gasteiger partial charge >= 0.3 is 5.97 Å². The third-order valence-electron chi connectivity index (χ3n) is 3.56. The van der Waals surface area contributed by atoms with E-state index in [0.29, 0.717) is 25.7 Å². The van der Waals surface area contributed by atoms with Crippen molar-refractivity contribution in [2.24, 2.45) is 0 Å². The number of rotatable bonds is 5. The van der Waals surface area contributed by atoms with E-state index in [0.717, 1.165) is 5.56 Å². The minimum Gasteiger partial charge on any atom is -0.481 e. The Balaban J connectivity index is 1.93. The predicted octanol–water partition coefficient (Wildman–Crippen LogP) is 2.54. The molecule has 2 aromatic heterocycles. The second-order valence-corrected chi connectivity index (χ2v) is 6.87. The molecule has 7 heteroatoms. The highest BCUT2D eigenvalue weighted by molar-refractivity contribution is 7.07. The van der Waals surface area contributed by atoms with Crippen LogP contribution in [-0.2, 0) is 11.3 Å².